The van der Waals surface area contributed by atoms with Crippen molar-refractivity contribution in [1.82, 2.24) is 0 Å². The predicted molar refractivity (Wildman–Crippen MR) is 81.0 cm³/mol. The van der Waals surface area contributed by atoms with E-state index < -0.39 is 0 Å². The van der Waals surface area contributed by atoms with Gasteiger partial charge in [-0.25, -0.2) is 0 Å². The zero-order valence-electron chi connectivity index (χ0n) is 12.7. The minimum Gasteiger partial charge on any atom is -0.490 e. The highest BCUT2D eigenvalue weighted by Crippen LogP contribution is 2.35. The second-order valence-electron chi connectivity index (χ2n) is 5.49. The summed E-state index contributed by atoms with van der Waals surface area (Å²) in [5, 5.41) is 0. The van der Waals surface area contributed by atoms with Crippen LogP contribution in [0.4, 0.5) is 0 Å². The van der Waals surface area contributed by atoms with Gasteiger partial charge in [-0.2, -0.15) is 0 Å². The highest BCUT2D eigenvalue weighted by molar-refractivity contribution is 5.48. The predicted octanol–water partition coefficient (Wildman–Crippen LogP) is 3.41. The topological polar surface area (TPSA) is 57.6 Å². The molecule has 0 saturated carbocycles. The van der Waals surface area contributed by atoms with Crippen molar-refractivity contribution in [3.05, 3.63) is 46.4 Å². The molecule has 1 atom stereocenters. The summed E-state index contributed by atoms with van der Waals surface area (Å²) in [6.07, 6.45) is 0.898. The molecule has 2 N–H and O–H groups in total. The van der Waals surface area contributed by atoms with Crippen molar-refractivity contribution in [3.63, 3.8) is 0 Å². The van der Waals surface area contributed by atoms with E-state index in [0.29, 0.717) is 13.2 Å². The minimum atomic E-state index is -0.223. The number of ether oxygens (including phenoxy) is 2. The molecule has 4 nitrogen and oxygen atoms in total. The first-order chi connectivity index (χ1) is 10.1. The molecule has 112 valence electrons. The van der Waals surface area contributed by atoms with Gasteiger partial charge >= 0.3 is 0 Å². The standard InChI is InChI=1S/C17H21NO3/c1-10-11(2)21-12(3)16(10)17(18)13-5-6-14-15(9-13)20-8-4-7-19-14/h5-6,9,17H,4,7-8,18H2,1-3H3. The minimum absolute atomic E-state index is 0.223. The lowest BCUT2D eigenvalue weighted by atomic mass is 9.96. The van der Waals surface area contributed by atoms with Gasteiger partial charge in [-0.15, -0.1) is 0 Å². The molecule has 3 rings (SSSR count). The van der Waals surface area contributed by atoms with Crippen molar-refractivity contribution in [3.8, 4) is 11.5 Å². The smallest absolute Gasteiger partial charge is 0.161 e. The zero-order chi connectivity index (χ0) is 15.0. The van der Waals surface area contributed by atoms with E-state index in [-0.39, 0.29) is 6.04 Å². The van der Waals surface area contributed by atoms with Gasteiger partial charge in [0.15, 0.2) is 11.5 Å². The van der Waals surface area contributed by atoms with Crippen LogP contribution in [0, 0.1) is 20.8 Å². The molecule has 1 unspecified atom stereocenters. The number of rotatable bonds is 2. The molecule has 1 aromatic heterocycles. The quantitative estimate of drug-likeness (QED) is 0.919. The molecule has 0 bridgehead atoms. The first-order valence-electron chi connectivity index (χ1n) is 7.29. The van der Waals surface area contributed by atoms with Gasteiger partial charge in [0.1, 0.15) is 11.5 Å². The summed E-state index contributed by atoms with van der Waals surface area (Å²) in [6.45, 7) is 7.33. The first kappa shape index (κ1) is 14.0. The van der Waals surface area contributed by atoms with Gasteiger partial charge < -0.3 is 19.6 Å². The third-order valence-corrected chi connectivity index (χ3v) is 4.06. The Morgan fingerprint density at radius 2 is 1.71 bits per heavy atom. The van der Waals surface area contributed by atoms with Crippen molar-refractivity contribution < 1.29 is 13.9 Å². The van der Waals surface area contributed by atoms with Crippen molar-refractivity contribution in [2.24, 2.45) is 5.73 Å². The molecule has 2 heterocycles. The monoisotopic (exact) mass is 287 g/mol. The van der Waals surface area contributed by atoms with Crippen molar-refractivity contribution in [2.75, 3.05) is 13.2 Å². The molecule has 1 aromatic carbocycles. The number of furan rings is 1. The van der Waals surface area contributed by atoms with Gasteiger partial charge in [-0.3, -0.25) is 0 Å². The molecule has 21 heavy (non-hydrogen) atoms. The maximum atomic E-state index is 6.45. The molecular weight excluding hydrogens is 266 g/mol. The summed E-state index contributed by atoms with van der Waals surface area (Å²) < 4.78 is 17.1. The first-order valence-corrected chi connectivity index (χ1v) is 7.29. The second-order valence-corrected chi connectivity index (χ2v) is 5.49. The fourth-order valence-corrected chi connectivity index (χ4v) is 2.81. The van der Waals surface area contributed by atoms with Gasteiger partial charge in [-0.05, 0) is 44.0 Å². The number of nitrogens with two attached hydrogens (primary N) is 1. The third-order valence-electron chi connectivity index (χ3n) is 4.06. The average Bonchev–Trinajstić information content (AvgIpc) is 2.66. The van der Waals surface area contributed by atoms with E-state index in [1.807, 2.05) is 39.0 Å². The Labute approximate surface area is 124 Å². The fourth-order valence-electron chi connectivity index (χ4n) is 2.81. The van der Waals surface area contributed by atoms with Crippen molar-refractivity contribution in [1.29, 1.82) is 0 Å². The molecule has 0 radical (unpaired) electrons. The van der Waals surface area contributed by atoms with Crippen LogP contribution in [0.25, 0.3) is 0 Å². The lowest BCUT2D eigenvalue weighted by Crippen LogP contribution is -2.13. The van der Waals surface area contributed by atoms with E-state index in [2.05, 4.69) is 0 Å². The number of fused-ring (bicyclic) bond motifs is 1. The Morgan fingerprint density at radius 1 is 1.00 bits per heavy atom. The van der Waals surface area contributed by atoms with Crippen molar-refractivity contribution >= 4 is 0 Å². The summed E-state index contributed by atoms with van der Waals surface area (Å²) >= 11 is 0. The molecule has 0 fully saturated rings. The molecule has 4 heteroatoms. The third kappa shape index (κ3) is 2.51. The number of hydrogen-bond acceptors (Lipinski definition) is 4. The van der Waals surface area contributed by atoms with E-state index in [9.17, 15) is 0 Å². The Balaban J connectivity index is 1.98. The second kappa shape index (κ2) is 5.45. The summed E-state index contributed by atoms with van der Waals surface area (Å²) in [7, 11) is 0. The Bertz CT molecular complexity index is 660. The van der Waals surface area contributed by atoms with E-state index in [1.54, 1.807) is 0 Å². The molecule has 1 aliphatic heterocycles. The summed E-state index contributed by atoms with van der Waals surface area (Å²) in [5.74, 6) is 3.37. The average molecular weight is 287 g/mol. The van der Waals surface area contributed by atoms with Crippen LogP contribution in [-0.2, 0) is 0 Å². The number of benzene rings is 1. The Morgan fingerprint density at radius 3 is 2.38 bits per heavy atom. The van der Waals surface area contributed by atoms with Crippen LogP contribution in [0.5, 0.6) is 11.5 Å². The largest absolute Gasteiger partial charge is 0.490 e. The normalized spacial score (nSPS) is 15.6. The van der Waals surface area contributed by atoms with Gasteiger partial charge in [0.25, 0.3) is 0 Å². The van der Waals surface area contributed by atoms with Gasteiger partial charge in [-0.1, -0.05) is 6.07 Å². The van der Waals surface area contributed by atoms with E-state index in [4.69, 9.17) is 19.6 Å². The van der Waals surface area contributed by atoms with E-state index >= 15 is 0 Å². The van der Waals surface area contributed by atoms with Crippen LogP contribution in [0.15, 0.2) is 22.6 Å². The van der Waals surface area contributed by atoms with E-state index in [0.717, 1.165) is 46.1 Å². The molecular formula is C17H21NO3. The molecule has 2 aromatic rings. The number of hydrogen-bond donors (Lipinski definition) is 1. The van der Waals surface area contributed by atoms with Gasteiger partial charge in [0, 0.05) is 12.0 Å². The molecule has 0 saturated heterocycles. The van der Waals surface area contributed by atoms with Crippen LogP contribution in [0.1, 0.15) is 40.7 Å². The fraction of sp³-hybridized carbons (Fsp3) is 0.412. The lowest BCUT2D eigenvalue weighted by molar-refractivity contribution is 0.297. The SMILES string of the molecule is Cc1oc(C)c(C(N)c2ccc3c(c2)OCCCO3)c1C. The van der Waals surface area contributed by atoms with Crippen LogP contribution >= 0.6 is 0 Å². The van der Waals surface area contributed by atoms with Gasteiger partial charge in [0.2, 0.25) is 0 Å². The Kier molecular flexibility index (Phi) is 3.64. The van der Waals surface area contributed by atoms with Crippen molar-refractivity contribution in [2.45, 2.75) is 33.2 Å². The maximum Gasteiger partial charge on any atom is 0.161 e. The maximum absolute atomic E-state index is 6.45. The van der Waals surface area contributed by atoms with Crippen LogP contribution in [0.3, 0.4) is 0 Å². The summed E-state index contributed by atoms with van der Waals surface area (Å²) in [4.78, 5) is 0. The lowest BCUT2D eigenvalue weighted by Gasteiger charge is -2.15. The zero-order valence-corrected chi connectivity index (χ0v) is 12.7. The van der Waals surface area contributed by atoms with E-state index in [1.165, 1.54) is 0 Å². The molecule has 0 aliphatic carbocycles. The Hall–Kier alpha value is -1.94. The highest BCUT2D eigenvalue weighted by atomic mass is 16.5. The molecule has 1 aliphatic rings. The summed E-state index contributed by atoms with van der Waals surface area (Å²) in [6, 6.07) is 5.69. The highest BCUT2D eigenvalue weighted by Gasteiger charge is 2.21. The van der Waals surface area contributed by atoms with Gasteiger partial charge in [0.05, 0.1) is 19.3 Å². The molecule has 0 amide bonds. The van der Waals surface area contributed by atoms with Crippen LogP contribution in [-0.4, -0.2) is 13.2 Å². The van der Waals surface area contributed by atoms with Crippen LogP contribution in [0.2, 0.25) is 0 Å². The van der Waals surface area contributed by atoms with Crippen LogP contribution < -0.4 is 15.2 Å². The summed E-state index contributed by atoms with van der Waals surface area (Å²) in [5.41, 5.74) is 9.63. The number of aryl methyl sites for hydroxylation is 2. The molecule has 0 spiro atoms.